The first-order valence-corrected chi connectivity index (χ1v) is 6.87. The highest BCUT2D eigenvalue weighted by molar-refractivity contribution is 9.10. The first-order chi connectivity index (χ1) is 8.60. The number of halogens is 2. The Bertz CT molecular complexity index is 580. The van der Waals surface area contributed by atoms with Gasteiger partial charge in [0, 0.05) is 26.7 Å². The van der Waals surface area contributed by atoms with Gasteiger partial charge in [0.2, 0.25) is 0 Å². The van der Waals surface area contributed by atoms with E-state index < -0.39 is 5.82 Å². The molecule has 0 bridgehead atoms. The standard InChI is InChI=1S/C13H10BrFO2S/c1-17-13-3-2-8(4-11(13)15)12(16)6-10-5-9(14)7-18-10/h2-5,7H,6H2,1H3. The fourth-order valence-corrected chi connectivity index (χ4v) is 3.00. The minimum absolute atomic E-state index is 0.106. The Morgan fingerprint density at radius 3 is 2.78 bits per heavy atom. The Labute approximate surface area is 117 Å². The van der Waals surface area contributed by atoms with Gasteiger partial charge in [-0.1, -0.05) is 0 Å². The average Bonchev–Trinajstić information content (AvgIpc) is 2.74. The van der Waals surface area contributed by atoms with E-state index in [1.807, 2.05) is 11.4 Å². The number of thiophene rings is 1. The molecule has 18 heavy (non-hydrogen) atoms. The van der Waals surface area contributed by atoms with Crippen molar-refractivity contribution in [2.45, 2.75) is 6.42 Å². The van der Waals surface area contributed by atoms with Gasteiger partial charge >= 0.3 is 0 Å². The van der Waals surface area contributed by atoms with Gasteiger partial charge in [0.05, 0.1) is 7.11 Å². The lowest BCUT2D eigenvalue weighted by Crippen LogP contribution is -2.03. The second-order valence-corrected chi connectivity index (χ2v) is 5.59. The Kier molecular flexibility index (Phi) is 4.14. The van der Waals surface area contributed by atoms with Gasteiger partial charge in [-0.2, -0.15) is 0 Å². The zero-order valence-electron chi connectivity index (χ0n) is 9.57. The largest absolute Gasteiger partial charge is 0.494 e. The Balaban J connectivity index is 2.16. The Morgan fingerprint density at radius 2 is 2.22 bits per heavy atom. The van der Waals surface area contributed by atoms with Crippen molar-refractivity contribution in [2.24, 2.45) is 0 Å². The molecular weight excluding hydrogens is 319 g/mol. The van der Waals surface area contributed by atoms with Crippen LogP contribution in [0.2, 0.25) is 0 Å². The normalized spacial score (nSPS) is 10.4. The number of carbonyl (C=O) groups is 1. The number of benzene rings is 1. The molecule has 0 fully saturated rings. The van der Waals surface area contributed by atoms with Crippen molar-refractivity contribution < 1.29 is 13.9 Å². The molecule has 1 aromatic heterocycles. The van der Waals surface area contributed by atoms with Crippen LogP contribution in [0.25, 0.3) is 0 Å². The van der Waals surface area contributed by atoms with E-state index in [4.69, 9.17) is 4.74 Å². The fraction of sp³-hybridized carbons (Fsp3) is 0.154. The Hall–Kier alpha value is -1.20. The lowest BCUT2D eigenvalue weighted by molar-refractivity contribution is 0.0993. The molecule has 2 nitrogen and oxygen atoms in total. The molecule has 0 spiro atoms. The van der Waals surface area contributed by atoms with Crippen LogP contribution in [0.4, 0.5) is 4.39 Å². The van der Waals surface area contributed by atoms with Gasteiger partial charge in [0.25, 0.3) is 0 Å². The molecule has 0 atom stereocenters. The van der Waals surface area contributed by atoms with Gasteiger partial charge in [0.15, 0.2) is 17.3 Å². The summed E-state index contributed by atoms with van der Waals surface area (Å²) in [6.07, 6.45) is 0.280. The molecule has 0 saturated heterocycles. The van der Waals surface area contributed by atoms with Crippen molar-refractivity contribution >= 4 is 33.0 Å². The maximum Gasteiger partial charge on any atom is 0.168 e. The van der Waals surface area contributed by atoms with Crippen LogP contribution in [-0.2, 0) is 6.42 Å². The summed E-state index contributed by atoms with van der Waals surface area (Å²) in [6.45, 7) is 0. The first-order valence-electron chi connectivity index (χ1n) is 5.20. The third-order valence-corrected chi connectivity index (χ3v) is 4.13. The van der Waals surface area contributed by atoms with E-state index >= 15 is 0 Å². The number of hydrogen-bond acceptors (Lipinski definition) is 3. The van der Waals surface area contributed by atoms with Crippen LogP contribution >= 0.6 is 27.3 Å². The molecule has 0 aliphatic carbocycles. The van der Waals surface area contributed by atoms with Gasteiger partial charge in [0.1, 0.15) is 0 Å². The maximum atomic E-state index is 13.5. The van der Waals surface area contributed by atoms with E-state index in [0.717, 1.165) is 9.35 Å². The molecule has 5 heteroatoms. The van der Waals surface area contributed by atoms with Gasteiger partial charge in [-0.05, 0) is 40.2 Å². The highest BCUT2D eigenvalue weighted by atomic mass is 79.9. The topological polar surface area (TPSA) is 26.3 Å². The highest BCUT2D eigenvalue weighted by Crippen LogP contribution is 2.23. The van der Waals surface area contributed by atoms with Crippen molar-refractivity contribution in [3.8, 4) is 5.75 Å². The summed E-state index contributed by atoms with van der Waals surface area (Å²) in [7, 11) is 1.39. The monoisotopic (exact) mass is 328 g/mol. The molecule has 0 unspecified atom stereocenters. The quantitative estimate of drug-likeness (QED) is 0.790. The van der Waals surface area contributed by atoms with Crippen LogP contribution in [0.3, 0.4) is 0 Å². The van der Waals surface area contributed by atoms with Gasteiger partial charge in [-0.15, -0.1) is 11.3 Å². The van der Waals surface area contributed by atoms with Crippen molar-refractivity contribution in [1.82, 2.24) is 0 Å². The minimum Gasteiger partial charge on any atom is -0.494 e. The summed E-state index contributed by atoms with van der Waals surface area (Å²) in [6, 6.07) is 6.14. The third kappa shape index (κ3) is 2.97. The lowest BCUT2D eigenvalue weighted by atomic mass is 10.1. The molecule has 94 valence electrons. The maximum absolute atomic E-state index is 13.5. The van der Waals surface area contributed by atoms with E-state index in [0.29, 0.717) is 5.56 Å². The van der Waals surface area contributed by atoms with E-state index in [9.17, 15) is 9.18 Å². The average molecular weight is 329 g/mol. The van der Waals surface area contributed by atoms with Crippen molar-refractivity contribution in [3.63, 3.8) is 0 Å². The van der Waals surface area contributed by atoms with E-state index in [1.54, 1.807) is 6.07 Å². The molecule has 2 aromatic rings. The summed E-state index contributed by atoms with van der Waals surface area (Å²) in [5.41, 5.74) is 0.359. The third-order valence-electron chi connectivity index (χ3n) is 2.43. The van der Waals surface area contributed by atoms with Crippen molar-refractivity contribution in [3.05, 3.63) is 50.4 Å². The predicted octanol–water partition coefficient (Wildman–Crippen LogP) is 4.08. The summed E-state index contributed by atoms with van der Waals surface area (Å²) >= 11 is 4.83. The van der Waals surface area contributed by atoms with Crippen LogP contribution in [-0.4, -0.2) is 12.9 Å². The Morgan fingerprint density at radius 1 is 1.44 bits per heavy atom. The number of methoxy groups -OCH3 is 1. The lowest BCUT2D eigenvalue weighted by Gasteiger charge is -2.04. The molecule has 1 heterocycles. The SMILES string of the molecule is COc1ccc(C(=O)Cc2cc(Br)cs2)cc1F. The molecule has 0 N–H and O–H groups in total. The van der Waals surface area contributed by atoms with Crippen LogP contribution < -0.4 is 4.74 Å². The van der Waals surface area contributed by atoms with Crippen LogP contribution in [0.1, 0.15) is 15.2 Å². The number of Topliss-reactive ketones (excluding diaryl/α,β-unsaturated/α-hetero) is 1. The molecule has 0 aliphatic rings. The van der Waals surface area contributed by atoms with E-state index in [-0.39, 0.29) is 18.0 Å². The van der Waals surface area contributed by atoms with Gasteiger partial charge in [-0.25, -0.2) is 4.39 Å². The summed E-state index contributed by atoms with van der Waals surface area (Å²) < 4.78 is 19.2. The number of ketones is 1. The number of rotatable bonds is 4. The predicted molar refractivity (Wildman–Crippen MR) is 73.0 cm³/mol. The van der Waals surface area contributed by atoms with Gasteiger partial charge in [-0.3, -0.25) is 4.79 Å². The van der Waals surface area contributed by atoms with Crippen molar-refractivity contribution in [1.29, 1.82) is 0 Å². The number of carbonyl (C=O) groups excluding carboxylic acids is 1. The summed E-state index contributed by atoms with van der Waals surface area (Å²) in [4.78, 5) is 12.9. The van der Waals surface area contributed by atoms with Crippen molar-refractivity contribution in [2.75, 3.05) is 7.11 Å². The smallest absolute Gasteiger partial charge is 0.168 e. The molecule has 1 aromatic carbocycles. The molecule has 0 aliphatic heterocycles. The fourth-order valence-electron chi connectivity index (χ4n) is 1.55. The zero-order chi connectivity index (χ0) is 13.1. The molecule has 2 rings (SSSR count). The molecule has 0 saturated carbocycles. The molecule has 0 amide bonds. The highest BCUT2D eigenvalue weighted by Gasteiger charge is 2.11. The second-order valence-electron chi connectivity index (χ2n) is 3.68. The first kappa shape index (κ1) is 13.2. The van der Waals surface area contributed by atoms with Gasteiger partial charge < -0.3 is 4.74 Å². The number of hydrogen-bond donors (Lipinski definition) is 0. The van der Waals surface area contributed by atoms with Crippen LogP contribution in [0.15, 0.2) is 34.1 Å². The molecular formula is C13H10BrFO2S. The summed E-state index contributed by atoms with van der Waals surface area (Å²) in [5, 5.41) is 1.91. The second kappa shape index (κ2) is 5.63. The molecule has 0 radical (unpaired) electrons. The van der Waals surface area contributed by atoms with E-state index in [2.05, 4.69) is 15.9 Å². The van der Waals surface area contributed by atoms with Crippen LogP contribution in [0.5, 0.6) is 5.75 Å². The van der Waals surface area contributed by atoms with E-state index in [1.165, 1.54) is 30.6 Å². The zero-order valence-corrected chi connectivity index (χ0v) is 12.0. The summed E-state index contributed by atoms with van der Waals surface area (Å²) in [5.74, 6) is -0.480. The van der Waals surface area contributed by atoms with Crippen LogP contribution in [0, 0.1) is 5.82 Å². The minimum atomic E-state index is -0.518. The number of ether oxygens (including phenoxy) is 1.